The quantitative estimate of drug-likeness (QED) is 0.740. The van der Waals surface area contributed by atoms with E-state index in [4.69, 9.17) is 0 Å². The van der Waals surface area contributed by atoms with E-state index in [2.05, 4.69) is 4.99 Å². The molecule has 0 amide bonds. The van der Waals surface area contributed by atoms with Crippen molar-refractivity contribution in [3.05, 3.63) is 11.9 Å². The first kappa shape index (κ1) is 20.1. The Hall–Kier alpha value is -1.65. The molecule has 0 atom stereocenters. The highest BCUT2D eigenvalue weighted by molar-refractivity contribution is 5.99. The topological polar surface area (TPSA) is 42.3 Å². The lowest BCUT2D eigenvalue weighted by atomic mass is 9.78. The number of alkyl halides is 6. The predicted octanol–water partition coefficient (Wildman–Crippen LogP) is 2.75. The summed E-state index contributed by atoms with van der Waals surface area (Å²) in [5, 5.41) is 9.75. The van der Waals surface area contributed by atoms with E-state index in [1.165, 1.54) is 0 Å². The minimum atomic E-state index is -4.64. The van der Waals surface area contributed by atoms with Gasteiger partial charge in [-0.25, -0.2) is 4.99 Å². The summed E-state index contributed by atoms with van der Waals surface area (Å²) in [4.78, 5) is 8.84. The average Bonchev–Trinajstić information content (AvgIpc) is 2.90. The number of aliphatic imine (C=N–C) groups is 1. The van der Waals surface area contributed by atoms with Crippen molar-refractivity contribution in [3.8, 4) is 0 Å². The standard InChI is InChI=1S/C16H22F6N4O/c1-24-10-25(6-11-2-4-14(27,5-3-11)16(20,21)22)7-12-13(24)23-9-26(12)8-15(17,18)19/h7,11,27H,2-6,8-10H2,1H3. The van der Waals surface area contributed by atoms with Gasteiger partial charge in [-0.2, -0.15) is 26.3 Å². The van der Waals surface area contributed by atoms with Crippen LogP contribution in [0, 0.1) is 5.92 Å². The second-order valence-corrected chi connectivity index (χ2v) is 7.53. The van der Waals surface area contributed by atoms with E-state index >= 15 is 0 Å². The number of halogens is 6. The van der Waals surface area contributed by atoms with Crippen LogP contribution in [0.1, 0.15) is 25.7 Å². The largest absolute Gasteiger partial charge is 0.417 e. The van der Waals surface area contributed by atoms with Gasteiger partial charge in [0.15, 0.2) is 11.4 Å². The van der Waals surface area contributed by atoms with Crippen LogP contribution in [0.15, 0.2) is 16.9 Å². The molecule has 0 unspecified atom stereocenters. The van der Waals surface area contributed by atoms with E-state index in [-0.39, 0.29) is 38.3 Å². The van der Waals surface area contributed by atoms with Crippen LogP contribution in [-0.4, -0.2) is 77.1 Å². The van der Waals surface area contributed by atoms with E-state index in [9.17, 15) is 31.4 Å². The molecule has 11 heteroatoms. The summed E-state index contributed by atoms with van der Waals surface area (Å²) in [5.41, 5.74) is -2.25. The van der Waals surface area contributed by atoms with Gasteiger partial charge in [0.1, 0.15) is 13.2 Å². The number of fused-ring (bicyclic) bond motifs is 1. The Balaban J connectivity index is 1.64. The number of hydrogen-bond acceptors (Lipinski definition) is 5. The first-order valence-corrected chi connectivity index (χ1v) is 8.71. The van der Waals surface area contributed by atoms with Gasteiger partial charge in [0, 0.05) is 19.8 Å². The van der Waals surface area contributed by atoms with Crippen molar-refractivity contribution >= 4 is 5.84 Å². The molecule has 154 valence electrons. The molecule has 1 fully saturated rings. The van der Waals surface area contributed by atoms with Gasteiger partial charge >= 0.3 is 12.4 Å². The molecule has 5 nitrogen and oxygen atoms in total. The van der Waals surface area contributed by atoms with Crippen molar-refractivity contribution < 1.29 is 31.4 Å². The fourth-order valence-corrected chi connectivity index (χ4v) is 3.87. The Bertz CT molecular complexity index is 621. The van der Waals surface area contributed by atoms with E-state index in [1.807, 2.05) is 4.90 Å². The molecule has 0 aromatic carbocycles. The van der Waals surface area contributed by atoms with Gasteiger partial charge in [-0.3, -0.25) is 0 Å². The van der Waals surface area contributed by atoms with Crippen LogP contribution in [0.25, 0.3) is 0 Å². The van der Waals surface area contributed by atoms with Gasteiger partial charge in [-0.15, -0.1) is 0 Å². The molecular weight excluding hydrogens is 378 g/mol. The molecule has 1 aliphatic carbocycles. The molecule has 27 heavy (non-hydrogen) atoms. The summed E-state index contributed by atoms with van der Waals surface area (Å²) in [6, 6.07) is 0. The van der Waals surface area contributed by atoms with Gasteiger partial charge in [0.25, 0.3) is 0 Å². The molecule has 0 spiro atoms. The summed E-state index contributed by atoms with van der Waals surface area (Å²) >= 11 is 0. The molecule has 0 aromatic rings. The Morgan fingerprint density at radius 3 is 2.37 bits per heavy atom. The van der Waals surface area contributed by atoms with Crippen molar-refractivity contribution in [1.29, 1.82) is 0 Å². The van der Waals surface area contributed by atoms with Crippen molar-refractivity contribution in [1.82, 2.24) is 14.7 Å². The van der Waals surface area contributed by atoms with Crippen molar-refractivity contribution in [2.24, 2.45) is 10.9 Å². The normalized spacial score (nSPS) is 29.6. The fraction of sp³-hybridized carbons (Fsp3) is 0.812. The van der Waals surface area contributed by atoms with Crippen molar-refractivity contribution in [2.75, 3.05) is 33.5 Å². The third kappa shape index (κ3) is 4.27. The van der Waals surface area contributed by atoms with Crippen LogP contribution in [0.2, 0.25) is 0 Å². The van der Waals surface area contributed by atoms with Gasteiger partial charge < -0.3 is 19.8 Å². The second kappa shape index (κ2) is 6.75. The lowest BCUT2D eigenvalue weighted by Crippen LogP contribution is -2.50. The average molecular weight is 400 g/mol. The Kier molecular flexibility index (Phi) is 5.02. The van der Waals surface area contributed by atoms with Crippen molar-refractivity contribution in [3.63, 3.8) is 0 Å². The van der Waals surface area contributed by atoms with Gasteiger partial charge in [-0.05, 0) is 31.6 Å². The lowest BCUT2D eigenvalue weighted by molar-refractivity contribution is -0.272. The fourth-order valence-electron chi connectivity index (χ4n) is 3.87. The zero-order valence-electron chi connectivity index (χ0n) is 14.8. The molecule has 1 N–H and O–H groups in total. The Labute approximate surface area is 152 Å². The van der Waals surface area contributed by atoms with Crippen LogP contribution in [0.5, 0.6) is 0 Å². The Morgan fingerprint density at radius 2 is 1.81 bits per heavy atom. The lowest BCUT2D eigenvalue weighted by Gasteiger charge is -2.41. The van der Waals surface area contributed by atoms with Crippen LogP contribution >= 0.6 is 0 Å². The summed E-state index contributed by atoms with van der Waals surface area (Å²) in [6.07, 6.45) is -7.65. The first-order valence-electron chi connectivity index (χ1n) is 8.71. The summed E-state index contributed by atoms with van der Waals surface area (Å²) < 4.78 is 76.9. The van der Waals surface area contributed by atoms with Gasteiger partial charge in [0.2, 0.25) is 0 Å². The molecule has 0 bridgehead atoms. The summed E-state index contributed by atoms with van der Waals surface area (Å²) in [6.45, 7) is -0.340. The highest BCUT2D eigenvalue weighted by Crippen LogP contribution is 2.43. The van der Waals surface area contributed by atoms with Gasteiger partial charge in [0.05, 0.1) is 12.4 Å². The first-order chi connectivity index (χ1) is 12.4. The molecule has 2 aliphatic heterocycles. The SMILES string of the molecule is CN1CN(CC2CCC(O)(C(F)(F)F)CC2)C=C2C1=NCN2CC(F)(F)F. The van der Waals surface area contributed by atoms with E-state index in [1.54, 1.807) is 18.1 Å². The molecule has 3 rings (SSSR count). The number of likely N-dealkylation sites (N-methyl/N-ethyl adjacent to an activating group) is 1. The molecule has 0 saturated heterocycles. The van der Waals surface area contributed by atoms with E-state index < -0.39 is 24.5 Å². The van der Waals surface area contributed by atoms with Gasteiger partial charge in [-0.1, -0.05) is 0 Å². The van der Waals surface area contributed by atoms with Crippen LogP contribution in [-0.2, 0) is 0 Å². The number of amidine groups is 1. The highest BCUT2D eigenvalue weighted by atomic mass is 19.4. The van der Waals surface area contributed by atoms with E-state index in [0.717, 1.165) is 4.90 Å². The number of aliphatic hydroxyl groups is 1. The Morgan fingerprint density at radius 1 is 1.19 bits per heavy atom. The number of nitrogens with zero attached hydrogens (tertiary/aromatic N) is 4. The third-order valence-electron chi connectivity index (χ3n) is 5.34. The molecule has 0 aromatic heterocycles. The smallest absolute Gasteiger partial charge is 0.380 e. The molecule has 0 radical (unpaired) electrons. The zero-order chi connectivity index (χ0) is 20.0. The second-order valence-electron chi connectivity index (χ2n) is 7.53. The van der Waals surface area contributed by atoms with E-state index in [0.29, 0.717) is 24.7 Å². The monoisotopic (exact) mass is 400 g/mol. The summed E-state index contributed by atoms with van der Waals surface area (Å²) in [7, 11) is 1.72. The maximum absolute atomic E-state index is 12.9. The predicted molar refractivity (Wildman–Crippen MR) is 85.4 cm³/mol. The maximum Gasteiger partial charge on any atom is 0.417 e. The molecule has 1 saturated carbocycles. The highest BCUT2D eigenvalue weighted by Gasteiger charge is 2.54. The minimum absolute atomic E-state index is 0.0613. The molecular formula is C16H22F6N4O. The zero-order valence-corrected chi connectivity index (χ0v) is 14.8. The van der Waals surface area contributed by atoms with Crippen molar-refractivity contribution in [2.45, 2.75) is 43.6 Å². The summed E-state index contributed by atoms with van der Waals surface area (Å²) in [5.74, 6) is 0.430. The maximum atomic E-state index is 12.9. The number of rotatable bonds is 3. The third-order valence-corrected chi connectivity index (χ3v) is 5.34. The molecule has 2 heterocycles. The number of hydrogen-bond donors (Lipinski definition) is 1. The van der Waals surface area contributed by atoms with Crippen LogP contribution < -0.4 is 0 Å². The minimum Gasteiger partial charge on any atom is -0.380 e. The van der Waals surface area contributed by atoms with Crippen LogP contribution in [0.4, 0.5) is 26.3 Å². The molecule has 3 aliphatic rings. The van der Waals surface area contributed by atoms with Crippen LogP contribution in [0.3, 0.4) is 0 Å².